The second-order valence-corrected chi connectivity index (χ2v) is 17.5. The van der Waals surface area contributed by atoms with Crippen LogP contribution in [0.5, 0.6) is 0 Å². The zero-order valence-corrected chi connectivity index (χ0v) is 37.6. The Morgan fingerprint density at radius 2 is 1.58 bits per heavy atom. The Balaban J connectivity index is 0.774. The second-order valence-electron chi connectivity index (χ2n) is 16.3. The van der Waals surface area contributed by atoms with Crippen molar-refractivity contribution in [3.8, 4) is 11.3 Å². The lowest BCUT2D eigenvalue weighted by Crippen LogP contribution is -2.49. The van der Waals surface area contributed by atoms with Gasteiger partial charge in [0.2, 0.25) is 17.8 Å². The summed E-state index contributed by atoms with van der Waals surface area (Å²) in [5.41, 5.74) is 3.78. The maximum Gasteiger partial charge on any atom is 0.259 e. The van der Waals surface area contributed by atoms with Crippen LogP contribution in [0.1, 0.15) is 84.3 Å². The number of fused-ring (bicyclic) bond motifs is 1. The first-order valence-electron chi connectivity index (χ1n) is 21.6. The third-order valence-electron chi connectivity index (χ3n) is 11.1. The first-order valence-corrected chi connectivity index (χ1v) is 22.4. The van der Waals surface area contributed by atoms with E-state index >= 15 is 8.78 Å². The van der Waals surface area contributed by atoms with Crippen LogP contribution in [0.4, 0.5) is 31.4 Å². The molecule has 336 valence electrons. The quantitative estimate of drug-likeness (QED) is 0.0617. The Kier molecular flexibility index (Phi) is 15.0. The third kappa shape index (κ3) is 11.7. The van der Waals surface area contributed by atoms with Crippen LogP contribution in [0.15, 0.2) is 60.9 Å². The molecule has 7 rings (SSSR count). The summed E-state index contributed by atoms with van der Waals surface area (Å²) in [5.74, 6) is -0.416. The van der Waals surface area contributed by atoms with Crippen LogP contribution in [0, 0.1) is 32.4 Å². The summed E-state index contributed by atoms with van der Waals surface area (Å²) in [6, 6.07) is 13.7. The minimum atomic E-state index is -0.675. The lowest BCUT2D eigenvalue weighted by molar-refractivity contribution is -0.122. The fourth-order valence-electron chi connectivity index (χ4n) is 7.70. The molecule has 0 spiro atoms. The van der Waals surface area contributed by atoms with Crippen molar-refractivity contribution < 1.29 is 23.2 Å². The standard InChI is InChI=1S/C46H54F2N12O3S/c1-28(2)60-31(5)53-43-35(47)22-33(23-38(43)60)42-36(48)25-51-45(56-42)55-39-16-15-32(24-50-39)26-58-18-20-59(21-19-58)27-41(62)49-17-11-7-6-8-14-40(61)54-37-13-10-9-12-34(37)44(63)57-46-52-29(3)30(4)64-46/h9-10,12-13,15-16,22-25,28H,6-8,11,14,17-21,26-27H2,1-5H3,(H,49,62)(H,54,61)(H,52,57,63)(H,50,51,55,56). The maximum atomic E-state index is 15.1. The largest absolute Gasteiger partial charge is 0.355 e. The number of pyridine rings is 1. The summed E-state index contributed by atoms with van der Waals surface area (Å²) in [4.78, 5) is 65.5. The molecule has 1 fully saturated rings. The van der Waals surface area contributed by atoms with Crippen LogP contribution < -0.4 is 21.3 Å². The molecule has 4 aromatic heterocycles. The van der Waals surface area contributed by atoms with Crippen molar-refractivity contribution in [2.75, 3.05) is 55.2 Å². The Hall–Kier alpha value is -6.24. The number of nitrogens with one attached hydrogen (secondary N) is 4. The van der Waals surface area contributed by atoms with E-state index in [1.54, 1.807) is 36.5 Å². The number of aromatic nitrogens is 6. The molecule has 15 nitrogen and oxygen atoms in total. The molecule has 1 saturated heterocycles. The van der Waals surface area contributed by atoms with Crippen molar-refractivity contribution in [3.63, 3.8) is 0 Å². The number of aryl methyl sites for hydroxylation is 3. The number of halogens is 2. The van der Waals surface area contributed by atoms with Gasteiger partial charge in [-0.3, -0.25) is 29.5 Å². The van der Waals surface area contributed by atoms with Crippen molar-refractivity contribution in [2.24, 2.45) is 0 Å². The topological polar surface area (TPSA) is 175 Å². The molecule has 4 N–H and O–H groups in total. The van der Waals surface area contributed by atoms with Gasteiger partial charge in [0.05, 0.1) is 35.2 Å². The lowest BCUT2D eigenvalue weighted by Gasteiger charge is -2.34. The molecule has 18 heteroatoms. The molecule has 0 unspecified atom stereocenters. The predicted molar refractivity (Wildman–Crippen MR) is 246 cm³/mol. The minimum Gasteiger partial charge on any atom is -0.355 e. The Bertz CT molecular complexity index is 2590. The molecule has 0 radical (unpaired) electrons. The molecule has 0 aliphatic carbocycles. The second kappa shape index (κ2) is 21.0. The van der Waals surface area contributed by atoms with Crippen molar-refractivity contribution in [2.45, 2.75) is 79.3 Å². The van der Waals surface area contributed by atoms with Crippen LogP contribution in [0.25, 0.3) is 22.3 Å². The van der Waals surface area contributed by atoms with E-state index in [1.807, 2.05) is 51.3 Å². The molecule has 6 aromatic rings. The van der Waals surface area contributed by atoms with Gasteiger partial charge in [-0.05, 0) is 83.4 Å². The van der Waals surface area contributed by atoms with Crippen LogP contribution in [0.2, 0.25) is 0 Å². The molecule has 5 heterocycles. The molecule has 0 bridgehead atoms. The van der Waals surface area contributed by atoms with Crippen LogP contribution >= 0.6 is 11.3 Å². The van der Waals surface area contributed by atoms with E-state index in [1.165, 1.54) is 17.4 Å². The minimum absolute atomic E-state index is 0.00194. The number of nitrogens with zero attached hydrogens (tertiary/aromatic N) is 8. The molecule has 2 aromatic carbocycles. The Morgan fingerprint density at radius 3 is 2.31 bits per heavy atom. The van der Waals surface area contributed by atoms with Crippen molar-refractivity contribution in [3.05, 3.63) is 100 Å². The maximum absolute atomic E-state index is 15.1. The van der Waals surface area contributed by atoms with Crippen molar-refractivity contribution in [1.82, 2.24) is 44.6 Å². The zero-order chi connectivity index (χ0) is 45.3. The van der Waals surface area contributed by atoms with E-state index in [0.717, 1.165) is 67.8 Å². The number of benzene rings is 2. The fourth-order valence-corrected chi connectivity index (χ4v) is 8.51. The highest BCUT2D eigenvalue weighted by Crippen LogP contribution is 2.31. The fraction of sp³-hybridized carbons (Fsp3) is 0.391. The number of amides is 3. The van der Waals surface area contributed by atoms with Gasteiger partial charge in [0.15, 0.2) is 16.8 Å². The molecule has 64 heavy (non-hydrogen) atoms. The SMILES string of the molecule is Cc1nc(NC(=O)c2ccccc2NC(=O)CCCCCCNC(=O)CN2CCN(Cc3ccc(Nc4ncc(F)c(-c5cc(F)c6nc(C)n(C(C)C)c6c5)n4)nc3)CC2)sc1C. The van der Waals surface area contributed by atoms with E-state index in [4.69, 9.17) is 0 Å². The predicted octanol–water partition coefficient (Wildman–Crippen LogP) is 7.95. The molecular formula is C46H54F2N12O3S. The molecule has 0 saturated carbocycles. The first kappa shape index (κ1) is 45.8. The van der Waals surface area contributed by atoms with Gasteiger partial charge in [-0.25, -0.2) is 33.7 Å². The highest BCUT2D eigenvalue weighted by atomic mass is 32.1. The van der Waals surface area contributed by atoms with Gasteiger partial charge in [-0.1, -0.05) is 31.0 Å². The third-order valence-corrected chi connectivity index (χ3v) is 12.1. The van der Waals surface area contributed by atoms with Gasteiger partial charge in [0.1, 0.15) is 22.9 Å². The monoisotopic (exact) mass is 892 g/mol. The van der Waals surface area contributed by atoms with Crippen molar-refractivity contribution >= 4 is 62.7 Å². The molecule has 1 aliphatic heterocycles. The highest BCUT2D eigenvalue weighted by molar-refractivity contribution is 7.15. The van der Waals surface area contributed by atoms with Gasteiger partial charge in [0.25, 0.3) is 5.91 Å². The molecule has 3 amide bonds. The molecule has 1 aliphatic rings. The van der Waals surface area contributed by atoms with Gasteiger partial charge < -0.3 is 20.5 Å². The van der Waals surface area contributed by atoms with Crippen LogP contribution in [-0.4, -0.2) is 96.3 Å². The smallest absolute Gasteiger partial charge is 0.259 e. The number of para-hydroxylation sites is 1. The summed E-state index contributed by atoms with van der Waals surface area (Å²) in [6.07, 6.45) is 6.43. The van der Waals surface area contributed by atoms with Gasteiger partial charge in [0, 0.05) is 68.4 Å². The summed E-state index contributed by atoms with van der Waals surface area (Å²) >= 11 is 1.41. The van der Waals surface area contributed by atoms with E-state index in [0.29, 0.717) is 66.0 Å². The first-order chi connectivity index (χ1) is 30.8. The lowest BCUT2D eigenvalue weighted by atomic mass is 10.1. The number of carbonyl (C=O) groups is 3. The number of rotatable bonds is 18. The number of anilines is 4. The van der Waals surface area contributed by atoms with Crippen molar-refractivity contribution in [1.29, 1.82) is 0 Å². The average Bonchev–Trinajstić information content (AvgIpc) is 3.78. The summed E-state index contributed by atoms with van der Waals surface area (Å²) in [5, 5.41) is 12.3. The Morgan fingerprint density at radius 1 is 0.812 bits per heavy atom. The van der Waals surface area contributed by atoms with Gasteiger partial charge in [-0.2, -0.15) is 0 Å². The average molecular weight is 893 g/mol. The molecular weight excluding hydrogens is 839 g/mol. The number of unbranched alkanes of at least 4 members (excludes halogenated alkanes) is 3. The van der Waals surface area contributed by atoms with E-state index in [9.17, 15) is 14.4 Å². The van der Waals surface area contributed by atoms with Crippen LogP contribution in [-0.2, 0) is 16.1 Å². The van der Waals surface area contributed by atoms with E-state index < -0.39 is 11.6 Å². The molecule has 0 atom stereocenters. The number of thiazole rings is 1. The van der Waals surface area contributed by atoms with E-state index in [2.05, 4.69) is 56.0 Å². The highest BCUT2D eigenvalue weighted by Gasteiger charge is 2.21. The normalized spacial score (nSPS) is 13.4. The van der Waals surface area contributed by atoms with Gasteiger partial charge >= 0.3 is 0 Å². The Labute approximate surface area is 375 Å². The summed E-state index contributed by atoms with van der Waals surface area (Å²) in [6.45, 7) is 14.4. The van der Waals surface area contributed by atoms with Gasteiger partial charge in [-0.15, -0.1) is 11.3 Å². The number of hydrogen-bond acceptors (Lipinski definition) is 12. The summed E-state index contributed by atoms with van der Waals surface area (Å²) in [7, 11) is 0. The number of carbonyl (C=O) groups excluding carboxylic acids is 3. The summed E-state index contributed by atoms with van der Waals surface area (Å²) < 4.78 is 32.1. The number of hydrogen-bond donors (Lipinski definition) is 4. The number of piperazine rings is 1. The van der Waals surface area contributed by atoms with E-state index in [-0.39, 0.29) is 46.5 Å². The van der Waals surface area contributed by atoms with Crippen LogP contribution in [0.3, 0.4) is 0 Å². The number of imidazole rings is 1. The zero-order valence-electron chi connectivity index (χ0n) is 36.8.